The molecule has 0 rings (SSSR count). The van der Waals surface area contributed by atoms with Gasteiger partial charge in [0.25, 0.3) is 0 Å². The minimum Gasteiger partial charge on any atom is -0.677 e. The van der Waals surface area contributed by atoms with Gasteiger partial charge in [-0.2, -0.15) is 34.6 Å². The second kappa shape index (κ2) is 24.3. The zero-order valence-electron chi connectivity index (χ0n) is 11.5. The number of unbranched alkanes of at least 4 members (excludes halogenated alkanes) is 4. The first-order valence-corrected chi connectivity index (χ1v) is 7.51. The quantitative estimate of drug-likeness (QED) is 0.380. The Kier molecular flexibility index (Phi) is 34.4. The molecular weight excluding hydrogens is 336 g/mol. The molecule has 0 aromatic carbocycles. The zero-order chi connectivity index (χ0) is 15.6. The molecule has 0 atom stereocenters. The monoisotopic (exact) mass is 361 g/mol. The van der Waals surface area contributed by atoms with Crippen LogP contribution in [0.3, 0.4) is 0 Å². The maximum absolute atomic E-state index is 8.74. The van der Waals surface area contributed by atoms with Gasteiger partial charge in [-0.25, -0.2) is 0 Å². The van der Waals surface area contributed by atoms with Crippen LogP contribution < -0.4 is 0 Å². The maximum atomic E-state index is 8.74. The van der Waals surface area contributed by atoms with Crippen LogP contribution >= 0.6 is 0 Å². The van der Waals surface area contributed by atoms with E-state index in [0.29, 0.717) is 26.2 Å². The van der Waals surface area contributed by atoms with E-state index in [-0.39, 0.29) is 17.1 Å². The minimum atomic E-state index is -4.67. The summed E-state index contributed by atoms with van der Waals surface area (Å²) in [6.07, 6.45) is 6.01. The Bertz CT molecular complexity index is 217. The zero-order valence-corrected chi connectivity index (χ0v) is 13.2. The van der Waals surface area contributed by atoms with E-state index in [1.165, 1.54) is 0 Å². The van der Waals surface area contributed by atoms with Crippen LogP contribution in [0.25, 0.3) is 22.9 Å². The van der Waals surface area contributed by atoms with Gasteiger partial charge in [-0.05, 0) is 0 Å². The van der Waals surface area contributed by atoms with E-state index in [0.717, 1.165) is 38.5 Å². The summed E-state index contributed by atoms with van der Waals surface area (Å²) in [7, 11) is -4.67. The predicted octanol–water partition coefficient (Wildman–Crippen LogP) is 3.87. The van der Waals surface area contributed by atoms with E-state index in [1.54, 1.807) is 0 Å². The SMILES string of the molecule is O=S(=O)(O)O.[Cu+2].[NH-]CCCCC[NH-].[NH-]CCCCC[NH-]. The molecule has 0 spiro atoms. The Hall–Kier alpha value is 0.229. The van der Waals surface area contributed by atoms with Gasteiger partial charge in [0.05, 0.1) is 0 Å². The van der Waals surface area contributed by atoms with Crippen molar-refractivity contribution < 1.29 is 34.6 Å². The van der Waals surface area contributed by atoms with Crippen molar-refractivity contribution in [1.82, 2.24) is 0 Å². The summed E-state index contributed by atoms with van der Waals surface area (Å²) < 4.78 is 31.6. The third-order valence-corrected chi connectivity index (χ3v) is 1.71. The van der Waals surface area contributed by atoms with Crippen molar-refractivity contribution >= 4 is 10.4 Å². The summed E-state index contributed by atoms with van der Waals surface area (Å²) >= 11 is 0. The summed E-state index contributed by atoms with van der Waals surface area (Å²) in [6, 6.07) is 0. The predicted molar refractivity (Wildman–Crippen MR) is 78.6 cm³/mol. The van der Waals surface area contributed by atoms with Crippen LogP contribution in [0.2, 0.25) is 0 Å². The third kappa shape index (κ3) is 79.9. The Morgan fingerprint density at radius 2 is 0.750 bits per heavy atom. The van der Waals surface area contributed by atoms with Crippen LogP contribution in [0, 0.1) is 0 Å². The summed E-state index contributed by atoms with van der Waals surface area (Å²) in [5.41, 5.74) is 26.9. The van der Waals surface area contributed by atoms with Gasteiger partial charge >= 0.3 is 27.5 Å². The molecule has 20 heavy (non-hydrogen) atoms. The van der Waals surface area contributed by atoms with Crippen molar-refractivity contribution in [3.8, 4) is 0 Å². The summed E-state index contributed by atoms with van der Waals surface area (Å²) in [6.45, 7) is 2.11. The molecule has 0 fully saturated rings. The van der Waals surface area contributed by atoms with Gasteiger partial charge in [0, 0.05) is 0 Å². The molecule has 0 amide bonds. The third-order valence-electron chi connectivity index (χ3n) is 1.71. The van der Waals surface area contributed by atoms with E-state index in [4.69, 9.17) is 40.5 Å². The molecule has 0 aliphatic rings. The molecule has 0 aliphatic heterocycles. The molecule has 6 N–H and O–H groups in total. The van der Waals surface area contributed by atoms with Crippen molar-refractivity contribution in [1.29, 1.82) is 0 Å². The van der Waals surface area contributed by atoms with Crippen LogP contribution in [-0.2, 0) is 27.5 Å². The topological polar surface area (TPSA) is 170 Å². The first-order chi connectivity index (χ1) is 8.83. The molecule has 0 unspecified atom stereocenters. The molecule has 0 saturated heterocycles. The number of hydrogen-bond donors (Lipinski definition) is 2. The minimum absolute atomic E-state index is 0. The number of nitrogens with one attached hydrogen (secondary N) is 4. The smallest absolute Gasteiger partial charge is 0.677 e. The number of rotatable bonds is 8. The average Bonchev–Trinajstić information content (AvgIpc) is 2.29. The molecule has 0 aliphatic carbocycles. The Labute approximate surface area is 133 Å². The summed E-state index contributed by atoms with van der Waals surface area (Å²) in [4.78, 5) is 0. The molecular formula is C10H26CuN4O4S-2. The molecule has 8 nitrogen and oxygen atoms in total. The molecule has 0 aromatic heterocycles. The van der Waals surface area contributed by atoms with E-state index >= 15 is 0 Å². The van der Waals surface area contributed by atoms with Gasteiger partial charge in [0.15, 0.2) is 0 Å². The largest absolute Gasteiger partial charge is 2.00 e. The van der Waals surface area contributed by atoms with E-state index in [2.05, 4.69) is 0 Å². The van der Waals surface area contributed by atoms with E-state index in [9.17, 15) is 0 Å². The van der Waals surface area contributed by atoms with Gasteiger partial charge in [-0.15, -0.1) is 0 Å². The second-order valence-electron chi connectivity index (χ2n) is 3.57. The van der Waals surface area contributed by atoms with Crippen LogP contribution in [-0.4, -0.2) is 43.7 Å². The van der Waals surface area contributed by atoms with Gasteiger partial charge in [-0.1, -0.05) is 38.5 Å². The van der Waals surface area contributed by atoms with E-state index in [1.807, 2.05) is 0 Å². The molecule has 0 saturated carbocycles. The van der Waals surface area contributed by atoms with Crippen molar-refractivity contribution in [3.05, 3.63) is 22.9 Å². The fourth-order valence-electron chi connectivity index (χ4n) is 0.854. The Morgan fingerprint density at radius 1 is 0.600 bits per heavy atom. The standard InChI is InChI=1S/2C5H12N2.Cu.H2O4S/c2*6-4-2-1-3-5-7;;1-5(2,3)4/h2*6-7H,1-5H2;;(H2,1,2,3,4)/q2*-2;+2;. The second-order valence-corrected chi connectivity index (χ2v) is 4.46. The van der Waals surface area contributed by atoms with Gasteiger partial charge in [0.1, 0.15) is 0 Å². The number of hydrogen-bond acceptors (Lipinski definition) is 2. The molecule has 0 aromatic rings. The van der Waals surface area contributed by atoms with Crippen molar-refractivity contribution in [2.75, 3.05) is 26.2 Å². The summed E-state index contributed by atoms with van der Waals surface area (Å²) in [5.74, 6) is 0. The molecule has 129 valence electrons. The average molecular weight is 362 g/mol. The molecule has 0 bridgehead atoms. The van der Waals surface area contributed by atoms with Crippen molar-refractivity contribution in [2.45, 2.75) is 38.5 Å². The normalized spacial score (nSPS) is 9.50. The molecule has 1 radical (unpaired) electrons. The van der Waals surface area contributed by atoms with Crippen LogP contribution in [0.4, 0.5) is 0 Å². The fourth-order valence-corrected chi connectivity index (χ4v) is 0.854. The molecule has 10 heteroatoms. The van der Waals surface area contributed by atoms with Crippen molar-refractivity contribution in [3.63, 3.8) is 0 Å². The first-order valence-electron chi connectivity index (χ1n) is 6.11. The van der Waals surface area contributed by atoms with Crippen molar-refractivity contribution in [2.24, 2.45) is 0 Å². The Morgan fingerprint density at radius 3 is 0.850 bits per heavy atom. The first kappa shape index (κ1) is 28.4. The Balaban J connectivity index is -0.0000000952. The molecule has 0 heterocycles. The van der Waals surface area contributed by atoms with Gasteiger partial charge < -0.3 is 22.9 Å². The maximum Gasteiger partial charge on any atom is 2.00 e. The van der Waals surface area contributed by atoms with Crippen LogP contribution in [0.1, 0.15) is 38.5 Å². The fraction of sp³-hybridized carbons (Fsp3) is 1.00. The van der Waals surface area contributed by atoms with Crippen LogP contribution in [0.5, 0.6) is 0 Å². The van der Waals surface area contributed by atoms with Crippen LogP contribution in [0.15, 0.2) is 0 Å². The van der Waals surface area contributed by atoms with Gasteiger partial charge in [0.2, 0.25) is 0 Å². The van der Waals surface area contributed by atoms with E-state index < -0.39 is 10.4 Å². The summed E-state index contributed by atoms with van der Waals surface area (Å²) in [5, 5.41) is 0. The van der Waals surface area contributed by atoms with Gasteiger partial charge in [-0.3, -0.25) is 9.11 Å².